The Kier molecular flexibility index (Phi) is 4.29. The van der Waals surface area contributed by atoms with Crippen molar-refractivity contribution in [3.8, 4) is 0 Å². The maximum absolute atomic E-state index is 12.1. The average molecular weight is 276 g/mol. The first-order valence-electron chi connectivity index (χ1n) is 6.04. The largest absolute Gasteiger partial charge is 0.265 e. The van der Waals surface area contributed by atoms with E-state index in [1.165, 1.54) is 0 Å². The van der Waals surface area contributed by atoms with Crippen molar-refractivity contribution in [3.63, 3.8) is 0 Å². The fraction of sp³-hybridized carbons (Fsp3) is 0.214. The molecule has 0 atom stereocenters. The van der Waals surface area contributed by atoms with E-state index in [2.05, 4.69) is 9.71 Å². The normalized spacial score (nSPS) is 11.4. The molecule has 0 radical (unpaired) electrons. The van der Waals surface area contributed by atoms with E-state index in [1.807, 2.05) is 18.2 Å². The number of rotatable bonds is 5. The molecule has 1 aromatic carbocycles. The van der Waals surface area contributed by atoms with E-state index in [-0.39, 0.29) is 0 Å². The summed E-state index contributed by atoms with van der Waals surface area (Å²) in [6, 6.07) is 10.7. The minimum Gasteiger partial charge on any atom is -0.265 e. The molecule has 0 unspecified atom stereocenters. The second-order valence-electron chi connectivity index (χ2n) is 4.27. The fourth-order valence-electron chi connectivity index (χ4n) is 1.81. The Bertz CT molecular complexity index is 640. The Labute approximate surface area is 113 Å². The molecule has 0 saturated carbocycles. The molecular weight excluding hydrogens is 260 g/mol. The molecule has 0 bridgehead atoms. The third-order valence-electron chi connectivity index (χ3n) is 2.84. The molecule has 0 aliphatic rings. The van der Waals surface area contributed by atoms with Gasteiger partial charge in [0.2, 0.25) is 10.0 Å². The van der Waals surface area contributed by atoms with E-state index < -0.39 is 10.0 Å². The van der Waals surface area contributed by atoms with Gasteiger partial charge in [-0.25, -0.2) is 13.1 Å². The van der Waals surface area contributed by atoms with Crippen LogP contribution in [0.3, 0.4) is 0 Å². The lowest BCUT2D eigenvalue weighted by atomic mass is 10.2. The van der Waals surface area contributed by atoms with Crippen LogP contribution in [0.2, 0.25) is 0 Å². The van der Waals surface area contributed by atoms with E-state index in [1.54, 1.807) is 37.5 Å². The summed E-state index contributed by atoms with van der Waals surface area (Å²) in [6.07, 6.45) is 4.05. The van der Waals surface area contributed by atoms with Crippen molar-refractivity contribution in [2.45, 2.75) is 18.2 Å². The Morgan fingerprint density at radius 2 is 1.79 bits per heavy atom. The van der Waals surface area contributed by atoms with Crippen LogP contribution in [0.15, 0.2) is 53.7 Å². The third-order valence-corrected chi connectivity index (χ3v) is 4.46. The number of benzene rings is 1. The quantitative estimate of drug-likeness (QED) is 0.907. The average Bonchev–Trinajstić information content (AvgIpc) is 2.40. The molecule has 4 nitrogen and oxygen atoms in total. The van der Waals surface area contributed by atoms with Crippen molar-refractivity contribution in [1.29, 1.82) is 0 Å². The fourth-order valence-corrected chi connectivity index (χ4v) is 3.09. The highest BCUT2D eigenvalue weighted by Gasteiger charge is 2.15. The summed E-state index contributed by atoms with van der Waals surface area (Å²) in [5, 5.41) is 0. The standard InChI is InChI=1S/C14H16N2O2S/c1-12-4-2-3-5-14(12)19(17,18)16-11-8-13-6-9-15-10-7-13/h2-7,9-10,16H,8,11H2,1H3. The van der Waals surface area contributed by atoms with Crippen molar-refractivity contribution in [3.05, 3.63) is 59.9 Å². The minimum absolute atomic E-state index is 0.338. The van der Waals surface area contributed by atoms with Crippen molar-refractivity contribution in [2.75, 3.05) is 6.54 Å². The van der Waals surface area contributed by atoms with Crippen LogP contribution in [0.5, 0.6) is 0 Å². The van der Waals surface area contributed by atoms with Gasteiger partial charge in [-0.05, 0) is 42.7 Å². The summed E-state index contributed by atoms with van der Waals surface area (Å²) >= 11 is 0. The molecule has 1 N–H and O–H groups in total. The van der Waals surface area contributed by atoms with Crippen LogP contribution >= 0.6 is 0 Å². The molecule has 1 heterocycles. The molecule has 0 aliphatic heterocycles. The molecule has 0 spiro atoms. The van der Waals surface area contributed by atoms with Crippen molar-refractivity contribution in [2.24, 2.45) is 0 Å². The van der Waals surface area contributed by atoms with E-state index >= 15 is 0 Å². The van der Waals surface area contributed by atoms with Gasteiger partial charge < -0.3 is 0 Å². The highest BCUT2D eigenvalue weighted by Crippen LogP contribution is 2.13. The summed E-state index contributed by atoms with van der Waals surface area (Å²) < 4.78 is 26.9. The lowest BCUT2D eigenvalue weighted by Crippen LogP contribution is -2.26. The van der Waals surface area contributed by atoms with Crippen molar-refractivity contribution < 1.29 is 8.42 Å². The maximum Gasteiger partial charge on any atom is 0.240 e. The Hall–Kier alpha value is -1.72. The van der Waals surface area contributed by atoms with Gasteiger partial charge in [0.1, 0.15) is 0 Å². The Morgan fingerprint density at radius 3 is 2.47 bits per heavy atom. The van der Waals surface area contributed by atoms with Crippen molar-refractivity contribution in [1.82, 2.24) is 9.71 Å². The van der Waals surface area contributed by atoms with Gasteiger partial charge in [0, 0.05) is 18.9 Å². The molecule has 0 aliphatic carbocycles. The molecule has 2 rings (SSSR count). The van der Waals surface area contributed by atoms with Gasteiger partial charge in [-0.2, -0.15) is 0 Å². The number of nitrogens with zero attached hydrogens (tertiary/aromatic N) is 1. The van der Waals surface area contributed by atoms with Gasteiger partial charge >= 0.3 is 0 Å². The molecule has 2 aromatic rings. The minimum atomic E-state index is -3.43. The summed E-state index contributed by atoms with van der Waals surface area (Å²) in [5.41, 5.74) is 1.81. The number of sulfonamides is 1. The summed E-state index contributed by atoms with van der Waals surface area (Å²) in [5.74, 6) is 0. The number of aromatic nitrogens is 1. The molecule has 0 fully saturated rings. The molecule has 100 valence electrons. The van der Waals surface area contributed by atoms with Gasteiger partial charge in [-0.1, -0.05) is 18.2 Å². The smallest absolute Gasteiger partial charge is 0.240 e. The van der Waals surface area contributed by atoms with E-state index in [0.717, 1.165) is 11.1 Å². The molecule has 19 heavy (non-hydrogen) atoms. The topological polar surface area (TPSA) is 59.1 Å². The Balaban J connectivity index is 2.01. The van der Waals surface area contributed by atoms with Gasteiger partial charge in [0.05, 0.1) is 4.90 Å². The Morgan fingerprint density at radius 1 is 1.11 bits per heavy atom. The highest BCUT2D eigenvalue weighted by atomic mass is 32.2. The summed E-state index contributed by atoms with van der Waals surface area (Å²) in [7, 11) is -3.43. The van der Waals surface area contributed by atoms with Crippen LogP contribution in [0, 0.1) is 6.92 Å². The monoisotopic (exact) mass is 276 g/mol. The second kappa shape index (κ2) is 5.95. The lowest BCUT2D eigenvalue weighted by Gasteiger charge is -2.08. The maximum atomic E-state index is 12.1. The molecular formula is C14H16N2O2S. The van der Waals surface area contributed by atoms with E-state index in [0.29, 0.717) is 17.9 Å². The van der Waals surface area contributed by atoms with Crippen LogP contribution in [-0.4, -0.2) is 19.9 Å². The van der Waals surface area contributed by atoms with Crippen LogP contribution in [0.1, 0.15) is 11.1 Å². The number of hydrogen-bond acceptors (Lipinski definition) is 3. The van der Waals surface area contributed by atoms with Gasteiger partial charge in [-0.3, -0.25) is 4.98 Å². The lowest BCUT2D eigenvalue weighted by molar-refractivity contribution is 0.581. The molecule has 1 aromatic heterocycles. The van der Waals surface area contributed by atoms with Crippen LogP contribution < -0.4 is 4.72 Å². The van der Waals surface area contributed by atoms with E-state index in [4.69, 9.17) is 0 Å². The third kappa shape index (κ3) is 3.62. The highest BCUT2D eigenvalue weighted by molar-refractivity contribution is 7.89. The van der Waals surface area contributed by atoms with E-state index in [9.17, 15) is 8.42 Å². The molecule has 5 heteroatoms. The predicted molar refractivity (Wildman–Crippen MR) is 74.3 cm³/mol. The van der Waals surface area contributed by atoms with Crippen LogP contribution in [-0.2, 0) is 16.4 Å². The molecule has 0 saturated heterocycles. The van der Waals surface area contributed by atoms with Crippen molar-refractivity contribution >= 4 is 10.0 Å². The SMILES string of the molecule is Cc1ccccc1S(=O)(=O)NCCc1ccncc1. The summed E-state index contributed by atoms with van der Waals surface area (Å²) in [4.78, 5) is 4.26. The first-order chi connectivity index (χ1) is 9.09. The summed E-state index contributed by atoms with van der Waals surface area (Å²) in [6.45, 7) is 2.16. The van der Waals surface area contributed by atoms with Crippen LogP contribution in [0.4, 0.5) is 0 Å². The van der Waals surface area contributed by atoms with Gasteiger partial charge in [0.25, 0.3) is 0 Å². The number of nitrogens with one attached hydrogen (secondary N) is 1. The van der Waals surface area contributed by atoms with Gasteiger partial charge in [0.15, 0.2) is 0 Å². The zero-order valence-corrected chi connectivity index (χ0v) is 11.5. The number of aryl methyl sites for hydroxylation is 1. The number of hydrogen-bond donors (Lipinski definition) is 1. The molecule has 0 amide bonds. The number of pyridine rings is 1. The first kappa shape index (κ1) is 13.7. The predicted octanol–water partition coefficient (Wildman–Crippen LogP) is 1.91. The second-order valence-corrected chi connectivity index (χ2v) is 6.00. The zero-order valence-electron chi connectivity index (χ0n) is 10.7. The van der Waals surface area contributed by atoms with Crippen LogP contribution in [0.25, 0.3) is 0 Å². The zero-order chi connectivity index (χ0) is 13.7. The first-order valence-corrected chi connectivity index (χ1v) is 7.52. The van der Waals surface area contributed by atoms with Gasteiger partial charge in [-0.15, -0.1) is 0 Å².